The third kappa shape index (κ3) is 6.94. The molecule has 0 aromatic heterocycles. The molecule has 100 valence electrons. The van der Waals surface area contributed by atoms with Crippen LogP contribution in [-0.2, 0) is 9.59 Å². The first kappa shape index (κ1) is 15.9. The van der Waals surface area contributed by atoms with Crippen molar-refractivity contribution in [3.8, 4) is 0 Å². The van der Waals surface area contributed by atoms with Gasteiger partial charge in [0.2, 0.25) is 0 Å². The van der Waals surface area contributed by atoms with Gasteiger partial charge >= 0.3 is 11.9 Å². The van der Waals surface area contributed by atoms with Crippen LogP contribution < -0.4 is 0 Å². The maximum Gasteiger partial charge on any atom is 0.307 e. The molecule has 0 heterocycles. The zero-order valence-corrected chi connectivity index (χ0v) is 10.8. The van der Waals surface area contributed by atoms with Crippen LogP contribution in [0.1, 0.15) is 40.0 Å². The van der Waals surface area contributed by atoms with E-state index in [4.69, 9.17) is 10.2 Å². The smallest absolute Gasteiger partial charge is 0.307 e. The van der Waals surface area contributed by atoms with Crippen molar-refractivity contribution < 1.29 is 19.8 Å². The average molecular weight is 245 g/mol. The largest absolute Gasteiger partial charge is 0.481 e. The van der Waals surface area contributed by atoms with E-state index in [9.17, 15) is 9.59 Å². The maximum atomic E-state index is 10.8. The van der Waals surface area contributed by atoms with Gasteiger partial charge in [-0.1, -0.05) is 13.8 Å². The topological polar surface area (TPSA) is 77.8 Å². The molecule has 2 N–H and O–H groups in total. The van der Waals surface area contributed by atoms with Crippen LogP contribution in [0.15, 0.2) is 0 Å². The zero-order valence-electron chi connectivity index (χ0n) is 10.8. The summed E-state index contributed by atoms with van der Waals surface area (Å²) in [6, 6.07) is 0.283. The summed E-state index contributed by atoms with van der Waals surface area (Å²) in [4.78, 5) is 23.3. The summed E-state index contributed by atoms with van der Waals surface area (Å²) in [7, 11) is 0. The second kappa shape index (κ2) is 8.06. The lowest BCUT2D eigenvalue weighted by Gasteiger charge is -2.29. The number of carboxylic acid groups (broad SMARTS) is 2. The Kier molecular flexibility index (Phi) is 7.54. The fourth-order valence-corrected chi connectivity index (χ4v) is 1.61. The van der Waals surface area contributed by atoms with Gasteiger partial charge < -0.3 is 10.2 Å². The van der Waals surface area contributed by atoms with Crippen LogP contribution in [0.25, 0.3) is 0 Å². The van der Waals surface area contributed by atoms with Crippen LogP contribution in [0.5, 0.6) is 0 Å². The first-order valence-electron chi connectivity index (χ1n) is 6.07. The standard InChI is InChI=1S/C12H23NO4/c1-4-10(3)13(7-5-6-11(14)15)8-9(2)12(16)17/h9-10H,4-8H2,1-3H3,(H,14,15)(H,16,17). The van der Waals surface area contributed by atoms with E-state index in [1.165, 1.54) is 0 Å². The Hall–Kier alpha value is -1.10. The molecule has 0 amide bonds. The van der Waals surface area contributed by atoms with E-state index in [0.29, 0.717) is 19.5 Å². The van der Waals surface area contributed by atoms with E-state index < -0.39 is 17.9 Å². The first-order chi connectivity index (χ1) is 7.88. The lowest BCUT2D eigenvalue weighted by atomic mass is 10.1. The highest BCUT2D eigenvalue weighted by molar-refractivity contribution is 5.69. The highest BCUT2D eigenvalue weighted by Crippen LogP contribution is 2.09. The van der Waals surface area contributed by atoms with E-state index in [1.54, 1.807) is 6.92 Å². The molecule has 0 aromatic rings. The molecule has 0 saturated carbocycles. The second-order valence-corrected chi connectivity index (χ2v) is 4.49. The third-order valence-electron chi connectivity index (χ3n) is 2.98. The van der Waals surface area contributed by atoms with Gasteiger partial charge in [0.25, 0.3) is 0 Å². The Morgan fingerprint density at radius 3 is 2.24 bits per heavy atom. The molecule has 5 heteroatoms. The minimum absolute atomic E-state index is 0.133. The molecular weight excluding hydrogens is 222 g/mol. The van der Waals surface area contributed by atoms with Crippen LogP contribution in [0.4, 0.5) is 0 Å². The van der Waals surface area contributed by atoms with Gasteiger partial charge in [-0.25, -0.2) is 0 Å². The van der Waals surface area contributed by atoms with Crippen LogP contribution >= 0.6 is 0 Å². The lowest BCUT2D eigenvalue weighted by Crippen LogP contribution is -2.39. The molecule has 0 aliphatic heterocycles. The minimum Gasteiger partial charge on any atom is -0.481 e. The fraction of sp³-hybridized carbons (Fsp3) is 0.833. The summed E-state index contributed by atoms with van der Waals surface area (Å²) in [5.74, 6) is -2.04. The number of aliphatic carboxylic acids is 2. The van der Waals surface area contributed by atoms with Crippen molar-refractivity contribution in [2.75, 3.05) is 13.1 Å². The predicted molar refractivity (Wildman–Crippen MR) is 65.0 cm³/mol. The monoisotopic (exact) mass is 245 g/mol. The van der Waals surface area contributed by atoms with Crippen molar-refractivity contribution in [1.82, 2.24) is 4.90 Å². The Labute approximate surface area is 102 Å². The zero-order chi connectivity index (χ0) is 13.4. The van der Waals surface area contributed by atoms with E-state index >= 15 is 0 Å². The summed E-state index contributed by atoms with van der Waals surface area (Å²) >= 11 is 0. The number of carboxylic acids is 2. The Bertz CT molecular complexity index is 255. The van der Waals surface area contributed by atoms with Gasteiger partial charge in [0.05, 0.1) is 5.92 Å². The van der Waals surface area contributed by atoms with Gasteiger partial charge in [-0.05, 0) is 26.3 Å². The second-order valence-electron chi connectivity index (χ2n) is 4.49. The van der Waals surface area contributed by atoms with Gasteiger partial charge in [0.1, 0.15) is 0 Å². The molecular formula is C12H23NO4. The van der Waals surface area contributed by atoms with Crippen LogP contribution in [0.3, 0.4) is 0 Å². The van der Waals surface area contributed by atoms with E-state index in [2.05, 4.69) is 4.90 Å². The molecule has 5 nitrogen and oxygen atoms in total. The lowest BCUT2D eigenvalue weighted by molar-refractivity contribution is -0.142. The Morgan fingerprint density at radius 1 is 1.24 bits per heavy atom. The first-order valence-corrected chi connectivity index (χ1v) is 6.07. The quantitative estimate of drug-likeness (QED) is 0.646. The summed E-state index contributed by atoms with van der Waals surface area (Å²) in [6.07, 6.45) is 1.62. The molecule has 0 bridgehead atoms. The highest BCUT2D eigenvalue weighted by atomic mass is 16.4. The van der Waals surface area contributed by atoms with Crippen LogP contribution in [0.2, 0.25) is 0 Å². The molecule has 2 unspecified atom stereocenters. The van der Waals surface area contributed by atoms with Gasteiger partial charge in [-0.3, -0.25) is 14.5 Å². The molecule has 0 aromatic carbocycles. The minimum atomic E-state index is -0.809. The molecule has 17 heavy (non-hydrogen) atoms. The van der Waals surface area contributed by atoms with Crippen molar-refractivity contribution in [2.45, 2.75) is 46.1 Å². The van der Waals surface area contributed by atoms with Gasteiger partial charge in [0, 0.05) is 19.0 Å². The number of hydrogen-bond donors (Lipinski definition) is 2. The van der Waals surface area contributed by atoms with E-state index in [-0.39, 0.29) is 12.5 Å². The molecule has 2 atom stereocenters. The highest BCUT2D eigenvalue weighted by Gasteiger charge is 2.19. The summed E-state index contributed by atoms with van der Waals surface area (Å²) in [5.41, 5.74) is 0. The SMILES string of the molecule is CCC(C)N(CCCC(=O)O)CC(C)C(=O)O. The predicted octanol–water partition coefficient (Wildman–Crippen LogP) is 1.67. The fourth-order valence-electron chi connectivity index (χ4n) is 1.61. The normalized spacial score (nSPS) is 14.6. The summed E-state index contributed by atoms with van der Waals surface area (Å²) in [5, 5.41) is 17.5. The molecule has 0 spiro atoms. The van der Waals surface area contributed by atoms with Crippen molar-refractivity contribution in [3.63, 3.8) is 0 Å². The van der Waals surface area contributed by atoms with Crippen molar-refractivity contribution in [2.24, 2.45) is 5.92 Å². The molecule has 0 aliphatic rings. The maximum absolute atomic E-state index is 10.8. The van der Waals surface area contributed by atoms with Gasteiger partial charge in [0.15, 0.2) is 0 Å². The Morgan fingerprint density at radius 2 is 1.82 bits per heavy atom. The number of carbonyl (C=O) groups is 2. The Balaban J connectivity index is 4.23. The third-order valence-corrected chi connectivity index (χ3v) is 2.98. The molecule has 0 fully saturated rings. The molecule has 0 saturated heterocycles. The van der Waals surface area contributed by atoms with Crippen molar-refractivity contribution in [3.05, 3.63) is 0 Å². The van der Waals surface area contributed by atoms with Crippen molar-refractivity contribution in [1.29, 1.82) is 0 Å². The van der Waals surface area contributed by atoms with Gasteiger partial charge in [-0.15, -0.1) is 0 Å². The van der Waals surface area contributed by atoms with Gasteiger partial charge in [-0.2, -0.15) is 0 Å². The number of rotatable bonds is 9. The number of hydrogen-bond acceptors (Lipinski definition) is 3. The van der Waals surface area contributed by atoms with E-state index in [0.717, 1.165) is 6.42 Å². The van der Waals surface area contributed by atoms with Crippen LogP contribution in [-0.4, -0.2) is 46.2 Å². The summed E-state index contributed by atoms with van der Waals surface area (Å²) in [6.45, 7) is 6.87. The summed E-state index contributed by atoms with van der Waals surface area (Å²) < 4.78 is 0. The average Bonchev–Trinajstić information content (AvgIpc) is 2.25. The molecule has 0 rings (SSSR count). The van der Waals surface area contributed by atoms with Crippen molar-refractivity contribution >= 4 is 11.9 Å². The van der Waals surface area contributed by atoms with E-state index in [1.807, 2.05) is 13.8 Å². The molecule has 0 aliphatic carbocycles. The number of nitrogens with zero attached hydrogens (tertiary/aromatic N) is 1. The molecule has 0 radical (unpaired) electrons. The van der Waals surface area contributed by atoms with Crippen LogP contribution in [0, 0.1) is 5.92 Å².